The van der Waals surface area contributed by atoms with Crippen LogP contribution in [0.5, 0.6) is 0 Å². The Morgan fingerprint density at radius 3 is 2.50 bits per heavy atom. The van der Waals surface area contributed by atoms with Gasteiger partial charge in [0.15, 0.2) is 12.0 Å². The van der Waals surface area contributed by atoms with Gasteiger partial charge < -0.3 is 0 Å². The lowest BCUT2D eigenvalue weighted by Gasteiger charge is -1.94. The maximum Gasteiger partial charge on any atom is 0.170 e. The maximum atomic E-state index is 12.2. The van der Waals surface area contributed by atoms with Crippen molar-refractivity contribution in [3.05, 3.63) is 0 Å². The first-order valence-electron chi connectivity index (χ1n) is 2.97. The molecule has 0 saturated heterocycles. The minimum absolute atomic E-state index is 0.130. The van der Waals surface area contributed by atoms with Crippen LogP contribution in [0.3, 0.4) is 0 Å². The quantitative estimate of drug-likeness (QED) is 0.458. The third-order valence-electron chi connectivity index (χ3n) is 2.11. The number of fused-ring (bicyclic) bond motifs is 1. The summed E-state index contributed by atoms with van der Waals surface area (Å²) in [5.41, 5.74) is 0. The van der Waals surface area contributed by atoms with Crippen LogP contribution in [0.2, 0.25) is 0 Å². The molecule has 0 bridgehead atoms. The molecule has 8 heavy (non-hydrogen) atoms. The number of carbonyl (C=O) groups excluding carboxylic acids is 1. The Kier molecular flexibility index (Phi) is 0.626. The summed E-state index contributed by atoms with van der Waals surface area (Å²) >= 11 is 0. The summed E-state index contributed by atoms with van der Waals surface area (Å²) in [4.78, 5) is 10.6. The fraction of sp³-hybridized carbons (Fsp3) is 0.833. The molecule has 0 amide bonds. The number of rotatable bonds is 0. The number of carbonyl (C=O) groups is 1. The fourth-order valence-corrected chi connectivity index (χ4v) is 1.47. The molecule has 2 heteroatoms. The first-order valence-corrected chi connectivity index (χ1v) is 2.97. The van der Waals surface area contributed by atoms with Gasteiger partial charge in [0, 0.05) is 5.92 Å². The fourth-order valence-electron chi connectivity index (χ4n) is 1.47. The zero-order chi connectivity index (χ0) is 5.72. The molecule has 2 rings (SSSR count). The van der Waals surface area contributed by atoms with Crippen LogP contribution in [0.15, 0.2) is 0 Å². The van der Waals surface area contributed by atoms with Crippen molar-refractivity contribution in [2.24, 2.45) is 11.8 Å². The Labute approximate surface area is 46.9 Å². The molecule has 44 valence electrons. The number of ketones is 1. The predicted octanol–water partition coefficient (Wildman–Crippen LogP) is 0.933. The molecule has 2 aliphatic rings. The Morgan fingerprint density at radius 1 is 1.50 bits per heavy atom. The van der Waals surface area contributed by atoms with Crippen LogP contribution in [-0.2, 0) is 4.79 Å². The third-order valence-corrected chi connectivity index (χ3v) is 2.11. The monoisotopic (exact) mass is 114 g/mol. The van der Waals surface area contributed by atoms with Crippen molar-refractivity contribution < 1.29 is 9.18 Å². The molecule has 2 aliphatic carbocycles. The van der Waals surface area contributed by atoms with Gasteiger partial charge >= 0.3 is 0 Å². The van der Waals surface area contributed by atoms with Gasteiger partial charge in [-0.25, -0.2) is 4.39 Å². The maximum absolute atomic E-state index is 12.2. The minimum Gasteiger partial charge on any atom is -0.296 e. The summed E-state index contributed by atoms with van der Waals surface area (Å²) in [6, 6.07) is 0. The number of alkyl halides is 1. The summed E-state index contributed by atoms with van der Waals surface area (Å²) in [6.45, 7) is 0. The van der Waals surface area contributed by atoms with E-state index in [0.717, 1.165) is 6.42 Å². The molecule has 0 aromatic heterocycles. The summed E-state index contributed by atoms with van der Waals surface area (Å²) in [5, 5.41) is 0. The summed E-state index contributed by atoms with van der Waals surface area (Å²) < 4.78 is 12.2. The van der Waals surface area contributed by atoms with Gasteiger partial charge in [-0.05, 0) is 18.8 Å². The molecule has 0 heterocycles. The third kappa shape index (κ3) is 0.383. The first kappa shape index (κ1) is 4.48. The van der Waals surface area contributed by atoms with Crippen LogP contribution >= 0.6 is 0 Å². The van der Waals surface area contributed by atoms with Crippen LogP contribution in [0, 0.1) is 11.8 Å². The molecule has 0 radical (unpaired) electrons. The van der Waals surface area contributed by atoms with Gasteiger partial charge in [-0.1, -0.05) is 0 Å². The summed E-state index contributed by atoms with van der Waals surface area (Å²) in [6.07, 6.45) is 0.390. The first-order chi connectivity index (χ1) is 3.79. The number of Topliss-reactive ketones (excluding diaryl/α,β-unsaturated/α-hetero) is 1. The van der Waals surface area contributed by atoms with E-state index in [1.165, 1.54) is 0 Å². The predicted molar refractivity (Wildman–Crippen MR) is 26.1 cm³/mol. The van der Waals surface area contributed by atoms with E-state index in [1.54, 1.807) is 0 Å². The van der Waals surface area contributed by atoms with E-state index < -0.39 is 6.17 Å². The molecule has 3 atom stereocenters. The zero-order valence-corrected chi connectivity index (χ0v) is 4.43. The smallest absolute Gasteiger partial charge is 0.170 e. The van der Waals surface area contributed by atoms with Gasteiger partial charge in [-0.2, -0.15) is 0 Å². The number of hydrogen-bond donors (Lipinski definition) is 0. The molecule has 3 unspecified atom stereocenters. The molecule has 0 N–H and O–H groups in total. The van der Waals surface area contributed by atoms with E-state index in [4.69, 9.17) is 0 Å². The van der Waals surface area contributed by atoms with Crippen molar-refractivity contribution in [2.45, 2.75) is 19.0 Å². The Hall–Kier alpha value is -0.400. The van der Waals surface area contributed by atoms with E-state index in [2.05, 4.69) is 0 Å². The lowest BCUT2D eigenvalue weighted by molar-refractivity contribution is -0.123. The van der Waals surface area contributed by atoms with Crippen LogP contribution in [0.1, 0.15) is 12.8 Å². The second kappa shape index (κ2) is 1.12. The van der Waals surface area contributed by atoms with Crippen LogP contribution < -0.4 is 0 Å². The van der Waals surface area contributed by atoms with Gasteiger partial charge in [0.25, 0.3) is 0 Å². The number of halogens is 1. The van der Waals surface area contributed by atoms with Crippen molar-refractivity contribution in [3.8, 4) is 0 Å². The van der Waals surface area contributed by atoms with E-state index in [0.29, 0.717) is 12.3 Å². The van der Waals surface area contributed by atoms with Crippen molar-refractivity contribution >= 4 is 5.78 Å². The van der Waals surface area contributed by atoms with Crippen molar-refractivity contribution in [3.63, 3.8) is 0 Å². The minimum atomic E-state index is -1.10. The van der Waals surface area contributed by atoms with E-state index in [1.807, 2.05) is 0 Å². The lowest BCUT2D eigenvalue weighted by atomic mass is 10.2. The Balaban J connectivity index is 2.19. The van der Waals surface area contributed by atoms with Gasteiger partial charge in [0.05, 0.1) is 0 Å². The molecule has 0 aromatic rings. The molecule has 0 aromatic carbocycles. The zero-order valence-electron chi connectivity index (χ0n) is 4.43. The SMILES string of the molecule is O=C1C(F)CC2CC12. The molecule has 2 fully saturated rings. The topological polar surface area (TPSA) is 17.1 Å². The molecule has 1 nitrogen and oxygen atoms in total. The highest BCUT2D eigenvalue weighted by molar-refractivity contribution is 5.90. The normalized spacial score (nSPS) is 51.6. The highest BCUT2D eigenvalue weighted by atomic mass is 19.1. The highest BCUT2D eigenvalue weighted by Crippen LogP contribution is 2.50. The number of hydrogen-bond acceptors (Lipinski definition) is 1. The van der Waals surface area contributed by atoms with E-state index in [9.17, 15) is 9.18 Å². The standard InChI is InChI=1S/C6H7FO/c7-5-2-3-1-4(3)6(5)8/h3-5H,1-2H2. The highest BCUT2D eigenvalue weighted by Gasteiger charge is 2.53. The van der Waals surface area contributed by atoms with Crippen molar-refractivity contribution in [1.29, 1.82) is 0 Å². The van der Waals surface area contributed by atoms with Crippen LogP contribution in [0.4, 0.5) is 4.39 Å². The van der Waals surface area contributed by atoms with Crippen molar-refractivity contribution in [2.75, 3.05) is 0 Å². The Morgan fingerprint density at radius 2 is 2.25 bits per heavy atom. The van der Waals surface area contributed by atoms with Gasteiger partial charge in [-0.15, -0.1) is 0 Å². The summed E-state index contributed by atoms with van der Waals surface area (Å²) in [7, 11) is 0. The Bertz CT molecular complexity index is 139. The second-order valence-corrected chi connectivity index (χ2v) is 2.71. The molecule has 0 aliphatic heterocycles. The van der Waals surface area contributed by atoms with Crippen LogP contribution in [-0.4, -0.2) is 12.0 Å². The van der Waals surface area contributed by atoms with Gasteiger partial charge in [-0.3, -0.25) is 4.79 Å². The van der Waals surface area contributed by atoms with Gasteiger partial charge in [0.2, 0.25) is 0 Å². The molecular weight excluding hydrogens is 107 g/mol. The average Bonchev–Trinajstić information content (AvgIpc) is 2.39. The molecule has 0 spiro atoms. The summed E-state index contributed by atoms with van der Waals surface area (Å²) in [5.74, 6) is 0.456. The molecular formula is C6H7FO. The average molecular weight is 114 g/mol. The van der Waals surface area contributed by atoms with E-state index >= 15 is 0 Å². The lowest BCUT2D eigenvalue weighted by Crippen LogP contribution is -2.10. The largest absolute Gasteiger partial charge is 0.296 e. The van der Waals surface area contributed by atoms with Crippen LogP contribution in [0.25, 0.3) is 0 Å². The molecule has 2 saturated carbocycles. The van der Waals surface area contributed by atoms with Crippen molar-refractivity contribution in [1.82, 2.24) is 0 Å². The second-order valence-electron chi connectivity index (χ2n) is 2.71. The van der Waals surface area contributed by atoms with E-state index in [-0.39, 0.29) is 11.7 Å². The van der Waals surface area contributed by atoms with Gasteiger partial charge in [0.1, 0.15) is 0 Å².